The SMILES string of the molecule is CCS(=O)(=O)c1nc2c(c(=O)n(C)c(=O)n2C)n1Cc1nnc(-c2ccc(Cl)c(Cl)c2)o1. The zero-order valence-electron chi connectivity index (χ0n) is 17.0. The Morgan fingerprint density at radius 1 is 1.06 bits per heavy atom. The van der Waals surface area contributed by atoms with Crippen molar-refractivity contribution >= 4 is 44.2 Å². The van der Waals surface area contributed by atoms with Gasteiger partial charge in [0, 0.05) is 19.7 Å². The molecule has 0 saturated carbocycles. The van der Waals surface area contributed by atoms with Crippen molar-refractivity contribution in [1.29, 1.82) is 0 Å². The van der Waals surface area contributed by atoms with Crippen molar-refractivity contribution in [2.45, 2.75) is 18.6 Å². The molecule has 0 radical (unpaired) electrons. The Kier molecular flexibility index (Phi) is 5.47. The minimum Gasteiger partial charge on any atom is -0.419 e. The molecule has 0 atom stereocenters. The molecule has 0 amide bonds. The highest BCUT2D eigenvalue weighted by Gasteiger charge is 2.27. The number of halogens is 2. The molecule has 0 aliphatic heterocycles. The minimum absolute atomic E-state index is 0.0221. The largest absolute Gasteiger partial charge is 0.419 e. The summed E-state index contributed by atoms with van der Waals surface area (Å²) in [6, 6.07) is 4.76. The molecule has 1 aromatic carbocycles. The Bertz CT molecular complexity index is 1600. The minimum atomic E-state index is -3.86. The predicted octanol–water partition coefficient (Wildman–Crippen LogP) is 1.63. The Morgan fingerprint density at radius 2 is 1.78 bits per heavy atom. The molecule has 32 heavy (non-hydrogen) atoms. The fourth-order valence-corrected chi connectivity index (χ4v) is 4.41. The van der Waals surface area contributed by atoms with E-state index in [0.29, 0.717) is 15.6 Å². The van der Waals surface area contributed by atoms with E-state index in [1.807, 2.05) is 0 Å². The van der Waals surface area contributed by atoms with Gasteiger partial charge in [0.2, 0.25) is 26.8 Å². The highest BCUT2D eigenvalue weighted by Crippen LogP contribution is 2.28. The van der Waals surface area contributed by atoms with Gasteiger partial charge in [-0.2, -0.15) is 4.98 Å². The van der Waals surface area contributed by atoms with Gasteiger partial charge in [-0.25, -0.2) is 13.2 Å². The zero-order chi connectivity index (χ0) is 23.4. The van der Waals surface area contributed by atoms with Crippen LogP contribution in [-0.2, 0) is 30.5 Å². The Labute approximate surface area is 190 Å². The summed E-state index contributed by atoms with van der Waals surface area (Å²) in [6.45, 7) is 1.19. The number of hydrogen-bond acceptors (Lipinski definition) is 8. The molecule has 0 N–H and O–H groups in total. The second-order valence-corrected chi connectivity index (χ2v) is 9.88. The number of aromatic nitrogens is 6. The third kappa shape index (κ3) is 3.53. The van der Waals surface area contributed by atoms with Crippen molar-refractivity contribution in [2.75, 3.05) is 5.75 Å². The summed E-state index contributed by atoms with van der Waals surface area (Å²) < 4.78 is 34.2. The van der Waals surface area contributed by atoms with Crippen molar-refractivity contribution in [3.63, 3.8) is 0 Å². The van der Waals surface area contributed by atoms with Crippen molar-refractivity contribution in [2.24, 2.45) is 14.1 Å². The molecule has 0 fully saturated rings. The Hall–Kier alpha value is -2.96. The number of fused-ring (bicyclic) bond motifs is 1. The predicted molar refractivity (Wildman–Crippen MR) is 117 cm³/mol. The van der Waals surface area contributed by atoms with Crippen molar-refractivity contribution in [3.8, 4) is 11.5 Å². The molecule has 4 rings (SSSR count). The maximum atomic E-state index is 12.8. The van der Waals surface area contributed by atoms with E-state index >= 15 is 0 Å². The molecule has 3 heterocycles. The van der Waals surface area contributed by atoms with Gasteiger partial charge in [0.15, 0.2) is 11.2 Å². The van der Waals surface area contributed by atoms with Crippen LogP contribution in [0.2, 0.25) is 10.0 Å². The highest BCUT2D eigenvalue weighted by atomic mass is 35.5. The summed E-state index contributed by atoms with van der Waals surface area (Å²) >= 11 is 12.0. The summed E-state index contributed by atoms with van der Waals surface area (Å²) in [4.78, 5) is 29.2. The first-order valence-electron chi connectivity index (χ1n) is 9.22. The van der Waals surface area contributed by atoms with E-state index in [0.717, 1.165) is 9.13 Å². The highest BCUT2D eigenvalue weighted by molar-refractivity contribution is 7.91. The monoisotopic (exact) mass is 498 g/mol. The van der Waals surface area contributed by atoms with Crippen LogP contribution in [-0.4, -0.2) is 43.1 Å². The number of rotatable bonds is 5. The van der Waals surface area contributed by atoms with Crippen LogP contribution >= 0.6 is 23.2 Å². The topological polar surface area (TPSA) is 135 Å². The van der Waals surface area contributed by atoms with Gasteiger partial charge in [-0.1, -0.05) is 30.1 Å². The molecule has 0 aliphatic carbocycles. The van der Waals surface area contributed by atoms with Gasteiger partial charge in [0.1, 0.15) is 6.54 Å². The summed E-state index contributed by atoms with van der Waals surface area (Å²) in [7, 11) is -1.16. The molecular formula is C18H16Cl2N6O5S. The molecule has 0 aliphatic rings. The Balaban J connectivity index is 1.90. The lowest BCUT2D eigenvalue weighted by Crippen LogP contribution is -2.37. The molecular weight excluding hydrogens is 483 g/mol. The number of aryl methyl sites for hydroxylation is 1. The van der Waals surface area contributed by atoms with E-state index in [2.05, 4.69) is 15.2 Å². The molecule has 11 nitrogen and oxygen atoms in total. The average molecular weight is 499 g/mol. The molecule has 3 aromatic heterocycles. The Morgan fingerprint density at radius 3 is 2.44 bits per heavy atom. The zero-order valence-corrected chi connectivity index (χ0v) is 19.4. The van der Waals surface area contributed by atoms with Gasteiger partial charge in [0.25, 0.3) is 5.56 Å². The molecule has 0 bridgehead atoms. The lowest BCUT2D eigenvalue weighted by molar-refractivity contribution is 0.478. The van der Waals surface area contributed by atoms with E-state index < -0.39 is 21.1 Å². The molecule has 168 valence electrons. The number of hydrogen-bond donors (Lipinski definition) is 0. The van der Waals surface area contributed by atoms with Gasteiger partial charge in [-0.3, -0.25) is 18.5 Å². The number of sulfone groups is 1. The van der Waals surface area contributed by atoms with Gasteiger partial charge < -0.3 is 4.42 Å². The maximum absolute atomic E-state index is 12.8. The number of imidazole rings is 1. The summed E-state index contributed by atoms with van der Waals surface area (Å²) in [5.74, 6) is -0.111. The van der Waals surface area contributed by atoms with Crippen LogP contribution in [0, 0.1) is 0 Å². The van der Waals surface area contributed by atoms with Crippen LogP contribution in [0.1, 0.15) is 12.8 Å². The van der Waals surface area contributed by atoms with Crippen molar-refractivity contribution < 1.29 is 12.8 Å². The van der Waals surface area contributed by atoms with Gasteiger partial charge in [0.05, 0.1) is 15.8 Å². The van der Waals surface area contributed by atoms with Crippen LogP contribution in [0.25, 0.3) is 22.6 Å². The van der Waals surface area contributed by atoms with Crippen molar-refractivity contribution in [3.05, 3.63) is 55.0 Å². The van der Waals surface area contributed by atoms with Crippen molar-refractivity contribution in [1.82, 2.24) is 28.9 Å². The van der Waals surface area contributed by atoms with Gasteiger partial charge >= 0.3 is 5.69 Å². The summed E-state index contributed by atoms with van der Waals surface area (Å²) in [5, 5.41) is 8.20. The first-order valence-corrected chi connectivity index (χ1v) is 11.6. The second kappa shape index (κ2) is 7.87. The van der Waals surface area contributed by atoms with Crippen LogP contribution in [0.3, 0.4) is 0 Å². The summed E-state index contributed by atoms with van der Waals surface area (Å²) in [5.41, 5.74) is -0.955. The van der Waals surface area contributed by atoms with E-state index in [1.54, 1.807) is 18.2 Å². The van der Waals surface area contributed by atoms with Gasteiger partial charge in [-0.05, 0) is 18.2 Å². The quantitative estimate of drug-likeness (QED) is 0.405. The smallest absolute Gasteiger partial charge is 0.332 e. The van der Waals surface area contributed by atoms with E-state index in [-0.39, 0.29) is 40.4 Å². The molecule has 4 aromatic rings. The summed E-state index contributed by atoms with van der Waals surface area (Å²) in [6.07, 6.45) is 0. The third-order valence-corrected chi connectivity index (χ3v) is 7.27. The lowest BCUT2D eigenvalue weighted by Gasteiger charge is -2.07. The fraction of sp³-hybridized carbons (Fsp3) is 0.278. The molecule has 0 saturated heterocycles. The first-order chi connectivity index (χ1) is 15.0. The second-order valence-electron chi connectivity index (χ2n) is 6.89. The van der Waals surface area contributed by atoms with Crippen LogP contribution in [0.4, 0.5) is 0 Å². The lowest BCUT2D eigenvalue weighted by atomic mass is 10.2. The van der Waals surface area contributed by atoms with Crippen LogP contribution in [0.5, 0.6) is 0 Å². The standard InChI is InChI=1S/C18H16Cl2N6O5S/c1-4-32(29,30)17-21-14-13(16(27)25(3)18(28)24(14)2)26(17)8-12-22-23-15(31-12)9-5-6-10(19)11(20)7-9/h5-7H,4,8H2,1-3H3. The van der Waals surface area contributed by atoms with E-state index in [1.165, 1.54) is 25.6 Å². The first kappa shape index (κ1) is 22.2. The normalized spacial score (nSPS) is 12.0. The van der Waals surface area contributed by atoms with Gasteiger partial charge in [-0.15, -0.1) is 10.2 Å². The molecule has 14 heteroatoms. The number of nitrogens with zero attached hydrogens (tertiary/aromatic N) is 6. The fourth-order valence-electron chi connectivity index (χ4n) is 3.14. The van der Waals surface area contributed by atoms with Crippen LogP contribution < -0.4 is 11.2 Å². The molecule has 0 spiro atoms. The maximum Gasteiger partial charge on any atom is 0.332 e. The number of benzene rings is 1. The van der Waals surface area contributed by atoms with Crippen LogP contribution in [0.15, 0.2) is 37.4 Å². The van der Waals surface area contributed by atoms with E-state index in [4.69, 9.17) is 27.6 Å². The third-order valence-electron chi connectivity index (χ3n) is 4.90. The van der Waals surface area contributed by atoms with E-state index in [9.17, 15) is 18.0 Å². The molecule has 0 unspecified atom stereocenters. The average Bonchev–Trinajstić information content (AvgIpc) is 3.38.